The Morgan fingerprint density at radius 3 is 2.38 bits per heavy atom. The molecule has 3 nitrogen and oxygen atoms in total. The first kappa shape index (κ1) is 26.3. The molecule has 0 saturated carbocycles. The van der Waals surface area contributed by atoms with E-state index in [4.69, 9.17) is 16.3 Å². The fourth-order valence-corrected chi connectivity index (χ4v) is 4.50. The Morgan fingerprint density at radius 2 is 1.73 bits per heavy atom. The number of H-pyrrole nitrogens is 1. The highest BCUT2D eigenvalue weighted by Gasteiger charge is 2.35. The summed E-state index contributed by atoms with van der Waals surface area (Å²) in [6, 6.07) is 20.8. The van der Waals surface area contributed by atoms with Gasteiger partial charge in [0.2, 0.25) is 0 Å². The molecule has 0 fully saturated rings. The second kappa shape index (κ2) is 11.1. The third-order valence-electron chi connectivity index (χ3n) is 5.96. The predicted molar refractivity (Wildman–Crippen MR) is 143 cm³/mol. The van der Waals surface area contributed by atoms with Crippen LogP contribution in [0.3, 0.4) is 0 Å². The van der Waals surface area contributed by atoms with Gasteiger partial charge in [-0.15, -0.1) is 0 Å². The maximum Gasteiger partial charge on any atom is 0.417 e. The summed E-state index contributed by atoms with van der Waals surface area (Å²) in [5, 5.41) is 0.975. The second-order valence-corrected chi connectivity index (χ2v) is 8.81. The number of alkyl halides is 3. The van der Waals surface area contributed by atoms with E-state index in [1.165, 1.54) is 18.2 Å². The first-order valence-electron chi connectivity index (χ1n) is 11.8. The monoisotopic (exact) mass is 523 g/mol. The average molecular weight is 524 g/mol. The van der Waals surface area contributed by atoms with Crippen molar-refractivity contribution in [3.8, 4) is 0 Å². The molecule has 4 aromatic rings. The van der Waals surface area contributed by atoms with E-state index in [1.54, 1.807) is 13.0 Å². The molecule has 0 aliphatic heterocycles. The molecule has 0 unspecified atom stereocenters. The number of carbonyl (C=O) groups is 1. The first-order valence-corrected chi connectivity index (χ1v) is 12.2. The van der Waals surface area contributed by atoms with Gasteiger partial charge in [0.15, 0.2) is 0 Å². The van der Waals surface area contributed by atoms with E-state index in [1.807, 2.05) is 61.5 Å². The average Bonchev–Trinajstić information content (AvgIpc) is 3.30. The van der Waals surface area contributed by atoms with Crippen molar-refractivity contribution >= 4 is 45.7 Å². The van der Waals surface area contributed by atoms with E-state index in [-0.39, 0.29) is 17.2 Å². The third-order valence-corrected chi connectivity index (χ3v) is 6.20. The summed E-state index contributed by atoms with van der Waals surface area (Å²) in [5.74, 6) is -0.444. The molecule has 0 atom stereocenters. The highest BCUT2D eigenvalue weighted by molar-refractivity contribution is 6.30. The molecule has 7 heteroatoms. The van der Waals surface area contributed by atoms with Crippen molar-refractivity contribution in [1.29, 1.82) is 0 Å². The van der Waals surface area contributed by atoms with Crippen LogP contribution in [-0.4, -0.2) is 17.6 Å². The fraction of sp³-hybridized carbons (Fsp3) is 0.167. The largest absolute Gasteiger partial charge is 0.463 e. The lowest BCUT2D eigenvalue weighted by molar-refractivity contribution is -0.138. The van der Waals surface area contributed by atoms with Crippen molar-refractivity contribution in [3.63, 3.8) is 0 Å². The van der Waals surface area contributed by atoms with Crippen LogP contribution >= 0.6 is 11.6 Å². The number of aromatic nitrogens is 1. The second-order valence-electron chi connectivity index (χ2n) is 8.37. The molecule has 0 radical (unpaired) electrons. The quantitative estimate of drug-likeness (QED) is 0.149. The zero-order valence-electron chi connectivity index (χ0n) is 20.3. The Bertz CT molecular complexity index is 1450. The fourth-order valence-electron chi connectivity index (χ4n) is 4.33. The number of fused-ring (bicyclic) bond motifs is 1. The van der Waals surface area contributed by atoms with Crippen LogP contribution in [0.5, 0.6) is 0 Å². The molecule has 3 aromatic carbocycles. The van der Waals surface area contributed by atoms with Gasteiger partial charge in [-0.1, -0.05) is 67.1 Å². The molecule has 0 spiro atoms. The Morgan fingerprint density at radius 1 is 1.00 bits per heavy atom. The summed E-state index contributed by atoms with van der Waals surface area (Å²) in [6.07, 6.45) is -1.25. The standard InChI is InChI=1S/C30H25ClF3NO2/c1-3-23(24-15-14-22(31)18-25(24)30(32,33)34)29(27-17-21-7-5-6-8-26(21)35-27)20-12-9-19(10-13-20)11-16-28(36)37-4-2/h5-18,35H,3-4H2,1-2H3/b16-11+,29-23+. The Balaban J connectivity index is 1.92. The van der Waals surface area contributed by atoms with Crippen LogP contribution in [-0.2, 0) is 15.7 Å². The lowest BCUT2D eigenvalue weighted by Gasteiger charge is -2.19. The van der Waals surface area contributed by atoms with E-state index in [2.05, 4.69) is 4.98 Å². The number of hydrogen-bond acceptors (Lipinski definition) is 2. The summed E-state index contributed by atoms with van der Waals surface area (Å²) in [4.78, 5) is 15.0. The van der Waals surface area contributed by atoms with E-state index in [0.29, 0.717) is 23.3 Å². The van der Waals surface area contributed by atoms with Crippen LogP contribution in [0, 0.1) is 0 Å². The Kier molecular flexibility index (Phi) is 7.89. The molecule has 0 amide bonds. The molecule has 190 valence electrons. The molecule has 37 heavy (non-hydrogen) atoms. The minimum atomic E-state index is -4.58. The van der Waals surface area contributed by atoms with Gasteiger partial charge >= 0.3 is 12.1 Å². The number of benzene rings is 3. The van der Waals surface area contributed by atoms with Gasteiger partial charge in [-0.05, 0) is 65.9 Å². The van der Waals surface area contributed by atoms with Gasteiger partial charge in [-0.2, -0.15) is 13.2 Å². The lowest BCUT2D eigenvalue weighted by Crippen LogP contribution is -2.10. The molecular formula is C30H25ClF3NO2. The molecule has 0 aliphatic rings. The molecule has 0 aliphatic carbocycles. The van der Waals surface area contributed by atoms with Crippen LogP contribution in [0.15, 0.2) is 78.9 Å². The van der Waals surface area contributed by atoms with E-state index in [9.17, 15) is 18.0 Å². The maximum atomic E-state index is 14.1. The topological polar surface area (TPSA) is 42.1 Å². The number of para-hydroxylation sites is 1. The highest BCUT2D eigenvalue weighted by Crippen LogP contribution is 2.42. The van der Waals surface area contributed by atoms with E-state index < -0.39 is 17.7 Å². The van der Waals surface area contributed by atoms with Crippen molar-refractivity contribution in [2.24, 2.45) is 0 Å². The molecule has 0 saturated heterocycles. The van der Waals surface area contributed by atoms with Crippen LogP contribution in [0.4, 0.5) is 13.2 Å². The number of nitrogens with one attached hydrogen (secondary N) is 1. The Hall–Kier alpha value is -3.77. The Labute approximate surface area is 218 Å². The molecule has 1 aromatic heterocycles. The molecule has 1 heterocycles. The first-order chi connectivity index (χ1) is 17.7. The van der Waals surface area contributed by atoms with Crippen LogP contribution < -0.4 is 0 Å². The van der Waals surface area contributed by atoms with Crippen molar-refractivity contribution < 1.29 is 22.7 Å². The molecule has 4 rings (SSSR count). The minimum absolute atomic E-state index is 0.0245. The van der Waals surface area contributed by atoms with E-state index >= 15 is 0 Å². The predicted octanol–water partition coefficient (Wildman–Crippen LogP) is 8.79. The summed E-state index contributed by atoms with van der Waals surface area (Å²) in [6.45, 7) is 3.85. The van der Waals surface area contributed by atoms with Crippen LogP contribution in [0.25, 0.3) is 28.1 Å². The van der Waals surface area contributed by atoms with Gasteiger partial charge in [-0.3, -0.25) is 0 Å². The zero-order chi connectivity index (χ0) is 26.6. The van der Waals surface area contributed by atoms with Crippen molar-refractivity contribution in [1.82, 2.24) is 4.98 Å². The SMILES string of the molecule is CCOC(=O)/C=C/c1ccc(/C(=C(/CC)c2ccc(Cl)cc2C(F)(F)F)c2cc3ccccc3[nH]2)cc1. The van der Waals surface area contributed by atoms with Gasteiger partial charge in [0.05, 0.1) is 12.2 Å². The number of carbonyl (C=O) groups excluding carboxylic acids is 1. The maximum absolute atomic E-state index is 14.1. The smallest absolute Gasteiger partial charge is 0.417 e. The van der Waals surface area contributed by atoms with Crippen molar-refractivity contribution in [3.05, 3.63) is 112 Å². The molecular weight excluding hydrogens is 499 g/mol. The van der Waals surface area contributed by atoms with Gasteiger partial charge < -0.3 is 9.72 Å². The third kappa shape index (κ3) is 5.97. The van der Waals surface area contributed by atoms with Gasteiger partial charge in [-0.25, -0.2) is 4.79 Å². The van der Waals surface area contributed by atoms with Gasteiger partial charge in [0.25, 0.3) is 0 Å². The lowest BCUT2D eigenvalue weighted by atomic mass is 9.88. The summed E-state index contributed by atoms with van der Waals surface area (Å²) >= 11 is 5.97. The normalized spacial score (nSPS) is 12.7. The minimum Gasteiger partial charge on any atom is -0.463 e. The van der Waals surface area contributed by atoms with Crippen molar-refractivity contribution in [2.45, 2.75) is 26.4 Å². The zero-order valence-corrected chi connectivity index (χ0v) is 21.1. The number of halogens is 4. The van der Waals surface area contributed by atoms with Crippen LogP contribution in [0.1, 0.15) is 48.2 Å². The number of rotatable bonds is 7. The number of esters is 1. The summed E-state index contributed by atoms with van der Waals surface area (Å²) < 4.78 is 47.2. The summed E-state index contributed by atoms with van der Waals surface area (Å²) in [5.41, 5.74) is 3.58. The number of allylic oxidation sites excluding steroid dienone is 1. The van der Waals surface area contributed by atoms with Gasteiger partial charge in [0, 0.05) is 33.3 Å². The van der Waals surface area contributed by atoms with E-state index in [0.717, 1.165) is 28.1 Å². The number of ether oxygens (including phenoxy) is 1. The van der Waals surface area contributed by atoms with Crippen molar-refractivity contribution in [2.75, 3.05) is 6.61 Å². The van der Waals surface area contributed by atoms with Gasteiger partial charge in [0.1, 0.15) is 0 Å². The highest BCUT2D eigenvalue weighted by atomic mass is 35.5. The molecule has 0 bridgehead atoms. The number of aromatic amines is 1. The number of hydrogen-bond donors (Lipinski definition) is 1. The van der Waals surface area contributed by atoms with Crippen LogP contribution in [0.2, 0.25) is 5.02 Å². The summed E-state index contributed by atoms with van der Waals surface area (Å²) in [7, 11) is 0. The molecule has 1 N–H and O–H groups in total.